The number of oxazole rings is 1. The third-order valence-electron chi connectivity index (χ3n) is 4.29. The van der Waals surface area contributed by atoms with Gasteiger partial charge in [0.05, 0.1) is 6.10 Å². The highest BCUT2D eigenvalue weighted by molar-refractivity contribution is 5.67. The van der Waals surface area contributed by atoms with Crippen molar-refractivity contribution >= 4 is 11.2 Å². The summed E-state index contributed by atoms with van der Waals surface area (Å²) in [4.78, 5) is 18.4. The molecule has 21 heavy (non-hydrogen) atoms. The van der Waals surface area contributed by atoms with Crippen molar-refractivity contribution in [2.75, 3.05) is 19.6 Å². The predicted octanol–water partition coefficient (Wildman–Crippen LogP) is 1.08. The molecule has 0 radical (unpaired) electrons. The van der Waals surface area contributed by atoms with Gasteiger partial charge in [-0.25, -0.2) is 9.78 Å². The van der Waals surface area contributed by atoms with Crippen LogP contribution < -0.4 is 5.76 Å². The smallest absolute Gasteiger partial charge is 0.406 e. The van der Waals surface area contributed by atoms with Crippen molar-refractivity contribution in [3.05, 3.63) is 28.9 Å². The van der Waals surface area contributed by atoms with Crippen LogP contribution in [-0.2, 0) is 6.54 Å². The van der Waals surface area contributed by atoms with Gasteiger partial charge in [0, 0.05) is 25.8 Å². The summed E-state index contributed by atoms with van der Waals surface area (Å²) in [6.45, 7) is 5.09. The van der Waals surface area contributed by atoms with Gasteiger partial charge in [0.25, 0.3) is 0 Å². The molecule has 3 heterocycles. The fourth-order valence-corrected chi connectivity index (χ4v) is 3.03. The molecule has 0 aromatic carbocycles. The molecule has 6 nitrogen and oxygen atoms in total. The average molecular weight is 291 g/mol. The summed E-state index contributed by atoms with van der Waals surface area (Å²) < 4.78 is 6.77. The SMILES string of the molecule is CC(O)C1CCCN(CCn2c(=O)oc3cccnc32)C1. The quantitative estimate of drug-likeness (QED) is 0.912. The Bertz CT molecular complexity index is 661. The Morgan fingerprint density at radius 1 is 1.52 bits per heavy atom. The van der Waals surface area contributed by atoms with Crippen LogP contribution >= 0.6 is 0 Å². The Morgan fingerprint density at radius 3 is 3.19 bits per heavy atom. The van der Waals surface area contributed by atoms with Crippen LogP contribution in [-0.4, -0.2) is 45.3 Å². The standard InChI is InChI=1S/C15H21N3O3/c1-11(19)12-4-3-7-17(10-12)8-9-18-14-13(21-15(18)20)5-2-6-16-14/h2,5-6,11-12,19H,3-4,7-10H2,1H3. The van der Waals surface area contributed by atoms with Crippen LogP contribution in [0.2, 0.25) is 0 Å². The predicted molar refractivity (Wildman–Crippen MR) is 79.1 cm³/mol. The number of aliphatic hydroxyl groups is 1. The van der Waals surface area contributed by atoms with E-state index in [0.29, 0.717) is 23.7 Å². The number of likely N-dealkylation sites (tertiary alicyclic amines) is 1. The van der Waals surface area contributed by atoms with Crippen molar-refractivity contribution < 1.29 is 9.52 Å². The maximum Gasteiger partial charge on any atom is 0.421 e. The second-order valence-corrected chi connectivity index (χ2v) is 5.79. The molecule has 0 saturated carbocycles. The van der Waals surface area contributed by atoms with Crippen LogP contribution in [0, 0.1) is 5.92 Å². The molecule has 1 aliphatic rings. The number of fused-ring (bicyclic) bond motifs is 1. The summed E-state index contributed by atoms with van der Waals surface area (Å²) in [5.41, 5.74) is 1.13. The molecule has 114 valence electrons. The second-order valence-electron chi connectivity index (χ2n) is 5.79. The van der Waals surface area contributed by atoms with Crippen LogP contribution in [0.3, 0.4) is 0 Å². The Balaban J connectivity index is 1.69. The van der Waals surface area contributed by atoms with Gasteiger partial charge in [-0.3, -0.25) is 4.57 Å². The lowest BCUT2D eigenvalue weighted by molar-refractivity contribution is 0.0614. The average Bonchev–Trinajstić information content (AvgIpc) is 2.81. The number of rotatable bonds is 4. The molecule has 3 rings (SSSR count). The number of hydrogen-bond donors (Lipinski definition) is 1. The first kappa shape index (κ1) is 14.3. The second kappa shape index (κ2) is 5.99. The number of hydrogen-bond acceptors (Lipinski definition) is 5. The molecular weight excluding hydrogens is 270 g/mol. The molecule has 1 N–H and O–H groups in total. The molecule has 1 aliphatic heterocycles. The lowest BCUT2D eigenvalue weighted by atomic mass is 9.93. The highest BCUT2D eigenvalue weighted by Crippen LogP contribution is 2.19. The van der Waals surface area contributed by atoms with Crippen molar-refractivity contribution in [2.24, 2.45) is 5.92 Å². The first-order chi connectivity index (χ1) is 10.1. The molecule has 0 spiro atoms. The minimum Gasteiger partial charge on any atom is -0.406 e. The highest BCUT2D eigenvalue weighted by atomic mass is 16.4. The number of aromatic nitrogens is 2. The van der Waals surface area contributed by atoms with Crippen molar-refractivity contribution in [2.45, 2.75) is 32.4 Å². The summed E-state index contributed by atoms with van der Waals surface area (Å²) in [5, 5.41) is 9.73. The zero-order valence-electron chi connectivity index (χ0n) is 12.2. The Morgan fingerprint density at radius 2 is 2.38 bits per heavy atom. The highest BCUT2D eigenvalue weighted by Gasteiger charge is 2.23. The largest absolute Gasteiger partial charge is 0.421 e. The molecule has 0 aliphatic carbocycles. The zero-order chi connectivity index (χ0) is 14.8. The van der Waals surface area contributed by atoms with E-state index in [2.05, 4.69) is 9.88 Å². The summed E-state index contributed by atoms with van der Waals surface area (Å²) in [7, 11) is 0. The molecule has 6 heteroatoms. The van der Waals surface area contributed by atoms with Gasteiger partial charge in [0.1, 0.15) is 0 Å². The van der Waals surface area contributed by atoms with Gasteiger partial charge in [-0.15, -0.1) is 0 Å². The van der Waals surface area contributed by atoms with Gasteiger partial charge in [-0.05, 0) is 44.4 Å². The monoisotopic (exact) mass is 291 g/mol. The van der Waals surface area contributed by atoms with Crippen LogP contribution in [0.1, 0.15) is 19.8 Å². The third-order valence-corrected chi connectivity index (χ3v) is 4.29. The Labute approximate surface area is 123 Å². The fraction of sp³-hybridized carbons (Fsp3) is 0.600. The van der Waals surface area contributed by atoms with Crippen molar-refractivity contribution in [1.82, 2.24) is 14.5 Å². The molecule has 2 aromatic heterocycles. The lowest BCUT2D eigenvalue weighted by Gasteiger charge is -2.34. The van der Waals surface area contributed by atoms with E-state index >= 15 is 0 Å². The Hall–Kier alpha value is -1.66. The van der Waals surface area contributed by atoms with E-state index < -0.39 is 0 Å². The summed E-state index contributed by atoms with van der Waals surface area (Å²) in [5.74, 6) is -0.0255. The normalized spacial score (nSPS) is 21.7. The topological polar surface area (TPSA) is 71.5 Å². The molecular formula is C15H21N3O3. The molecule has 1 fully saturated rings. The van der Waals surface area contributed by atoms with E-state index in [1.807, 2.05) is 6.92 Å². The van der Waals surface area contributed by atoms with E-state index in [4.69, 9.17) is 4.42 Å². The molecule has 2 atom stereocenters. The van der Waals surface area contributed by atoms with Gasteiger partial charge in [0.15, 0.2) is 11.2 Å². The number of nitrogens with zero attached hydrogens (tertiary/aromatic N) is 3. The van der Waals surface area contributed by atoms with Gasteiger partial charge >= 0.3 is 5.76 Å². The summed E-state index contributed by atoms with van der Waals surface area (Å²) in [6, 6.07) is 3.51. The molecule has 2 unspecified atom stereocenters. The third kappa shape index (κ3) is 3.01. The zero-order valence-corrected chi connectivity index (χ0v) is 12.2. The van der Waals surface area contributed by atoms with E-state index in [9.17, 15) is 9.90 Å². The molecule has 0 amide bonds. The van der Waals surface area contributed by atoms with Gasteiger partial charge in [0.2, 0.25) is 0 Å². The minimum atomic E-state index is -0.354. The molecule has 1 saturated heterocycles. The van der Waals surface area contributed by atoms with E-state index in [1.54, 1.807) is 22.9 Å². The molecule has 2 aromatic rings. The fourth-order valence-electron chi connectivity index (χ4n) is 3.03. The number of aliphatic hydroxyl groups excluding tert-OH is 1. The van der Waals surface area contributed by atoms with E-state index in [1.165, 1.54) is 0 Å². The summed E-state index contributed by atoms with van der Waals surface area (Å²) in [6.07, 6.45) is 3.56. The van der Waals surface area contributed by atoms with Gasteiger partial charge in [-0.2, -0.15) is 0 Å². The molecule has 0 bridgehead atoms. The minimum absolute atomic E-state index is 0.271. The van der Waals surface area contributed by atoms with Gasteiger partial charge < -0.3 is 14.4 Å². The summed E-state index contributed by atoms with van der Waals surface area (Å²) >= 11 is 0. The van der Waals surface area contributed by atoms with Crippen molar-refractivity contribution in [3.8, 4) is 0 Å². The van der Waals surface area contributed by atoms with Crippen molar-refractivity contribution in [3.63, 3.8) is 0 Å². The van der Waals surface area contributed by atoms with Crippen LogP contribution in [0.5, 0.6) is 0 Å². The van der Waals surface area contributed by atoms with Crippen LogP contribution in [0.15, 0.2) is 27.5 Å². The van der Waals surface area contributed by atoms with Crippen LogP contribution in [0.25, 0.3) is 11.2 Å². The van der Waals surface area contributed by atoms with Gasteiger partial charge in [-0.1, -0.05) is 0 Å². The van der Waals surface area contributed by atoms with E-state index in [-0.39, 0.29) is 11.9 Å². The van der Waals surface area contributed by atoms with E-state index in [0.717, 1.165) is 32.5 Å². The van der Waals surface area contributed by atoms with Crippen molar-refractivity contribution in [1.29, 1.82) is 0 Å². The maximum absolute atomic E-state index is 11.9. The number of piperidine rings is 1. The number of pyridine rings is 1. The van der Waals surface area contributed by atoms with Crippen LogP contribution in [0.4, 0.5) is 0 Å². The Kier molecular flexibility index (Phi) is 4.07. The first-order valence-electron chi connectivity index (χ1n) is 7.50. The lowest BCUT2D eigenvalue weighted by Crippen LogP contribution is -2.41. The first-order valence-corrected chi connectivity index (χ1v) is 7.50. The maximum atomic E-state index is 11.9.